The van der Waals surface area contributed by atoms with E-state index < -0.39 is 11.8 Å². The average molecular weight is 251 g/mol. The van der Waals surface area contributed by atoms with Crippen LogP contribution in [0.1, 0.15) is 35.2 Å². The molecule has 3 nitrogen and oxygen atoms in total. The monoisotopic (exact) mass is 251 g/mol. The van der Waals surface area contributed by atoms with E-state index in [2.05, 4.69) is 17.0 Å². The third-order valence-corrected chi connectivity index (χ3v) is 3.61. The van der Waals surface area contributed by atoms with Gasteiger partial charge in [-0.15, -0.1) is 0 Å². The highest BCUT2D eigenvalue weighted by Crippen LogP contribution is 2.31. The fourth-order valence-electron chi connectivity index (χ4n) is 2.55. The summed E-state index contributed by atoms with van der Waals surface area (Å²) in [5.74, 6) is -0.284. The summed E-state index contributed by atoms with van der Waals surface area (Å²) in [6.45, 7) is 4.08. The van der Waals surface area contributed by atoms with E-state index in [1.54, 1.807) is 12.1 Å². The van der Waals surface area contributed by atoms with Crippen molar-refractivity contribution < 1.29 is 13.9 Å². The normalized spacial score (nSPS) is 23.7. The number of methoxy groups -OCH3 is 1. The molecule has 2 atom stereocenters. The first-order valence-corrected chi connectivity index (χ1v) is 6.22. The molecule has 0 bridgehead atoms. The van der Waals surface area contributed by atoms with Crippen LogP contribution in [0.25, 0.3) is 0 Å². The quantitative estimate of drug-likeness (QED) is 0.820. The van der Waals surface area contributed by atoms with E-state index in [0.29, 0.717) is 11.8 Å². The number of halogens is 1. The standard InChI is InChI=1S/C14H18FNO2/c1-9-8-16-6-5-11(9)10-3-4-13(15)12(7-10)14(17)18-2/h3-4,7,9,11,16H,5-6,8H2,1-2H3/t9-,11+/m0/s1. The van der Waals surface area contributed by atoms with E-state index in [0.717, 1.165) is 25.1 Å². The van der Waals surface area contributed by atoms with Crippen molar-refractivity contribution in [1.29, 1.82) is 0 Å². The van der Waals surface area contributed by atoms with Crippen molar-refractivity contribution in [2.75, 3.05) is 20.2 Å². The number of carbonyl (C=O) groups is 1. The molecule has 1 aromatic rings. The number of hydrogen-bond donors (Lipinski definition) is 1. The first-order valence-electron chi connectivity index (χ1n) is 6.22. The highest BCUT2D eigenvalue weighted by atomic mass is 19.1. The predicted molar refractivity (Wildman–Crippen MR) is 67.1 cm³/mol. The Hall–Kier alpha value is -1.42. The Balaban J connectivity index is 2.31. The predicted octanol–water partition coefficient (Wildman–Crippen LogP) is 2.33. The van der Waals surface area contributed by atoms with Crippen molar-refractivity contribution in [1.82, 2.24) is 5.32 Å². The number of carbonyl (C=O) groups excluding carboxylic acids is 1. The molecule has 1 aromatic carbocycles. The SMILES string of the molecule is COC(=O)c1cc([C@@H]2CCNC[C@@H]2C)ccc1F. The molecule has 1 aliphatic rings. The van der Waals surface area contributed by atoms with E-state index in [1.165, 1.54) is 13.2 Å². The first kappa shape index (κ1) is 13.0. The Morgan fingerprint density at radius 3 is 2.94 bits per heavy atom. The Labute approximate surface area is 106 Å². The van der Waals surface area contributed by atoms with Crippen LogP contribution in [0.3, 0.4) is 0 Å². The molecular weight excluding hydrogens is 233 g/mol. The van der Waals surface area contributed by atoms with E-state index in [4.69, 9.17) is 0 Å². The molecule has 0 spiro atoms. The van der Waals surface area contributed by atoms with Gasteiger partial charge in [-0.05, 0) is 49.0 Å². The van der Waals surface area contributed by atoms with Crippen molar-refractivity contribution in [3.63, 3.8) is 0 Å². The van der Waals surface area contributed by atoms with Crippen LogP contribution in [0, 0.1) is 11.7 Å². The van der Waals surface area contributed by atoms with Crippen LogP contribution in [0.4, 0.5) is 4.39 Å². The molecule has 1 saturated heterocycles. The third-order valence-electron chi connectivity index (χ3n) is 3.61. The van der Waals surface area contributed by atoms with Gasteiger partial charge in [-0.3, -0.25) is 0 Å². The van der Waals surface area contributed by atoms with E-state index in [-0.39, 0.29) is 5.56 Å². The molecule has 98 valence electrons. The van der Waals surface area contributed by atoms with E-state index in [1.807, 2.05) is 0 Å². The second-order valence-corrected chi connectivity index (χ2v) is 4.81. The largest absolute Gasteiger partial charge is 0.465 e. The van der Waals surface area contributed by atoms with Crippen molar-refractivity contribution in [2.45, 2.75) is 19.3 Å². The van der Waals surface area contributed by atoms with Gasteiger partial charge < -0.3 is 10.1 Å². The Kier molecular flexibility index (Phi) is 3.97. The van der Waals surface area contributed by atoms with Crippen molar-refractivity contribution in [2.24, 2.45) is 5.92 Å². The summed E-state index contributed by atoms with van der Waals surface area (Å²) < 4.78 is 18.2. The van der Waals surface area contributed by atoms with Crippen LogP contribution in [0.2, 0.25) is 0 Å². The maximum Gasteiger partial charge on any atom is 0.340 e. The van der Waals surface area contributed by atoms with Gasteiger partial charge >= 0.3 is 5.97 Å². The molecule has 2 rings (SSSR count). The summed E-state index contributed by atoms with van der Waals surface area (Å²) in [7, 11) is 1.27. The maximum absolute atomic E-state index is 13.6. The molecular formula is C14H18FNO2. The maximum atomic E-state index is 13.6. The number of esters is 1. The van der Waals surface area contributed by atoms with Gasteiger partial charge in [0.1, 0.15) is 5.82 Å². The topological polar surface area (TPSA) is 38.3 Å². The number of piperidine rings is 1. The summed E-state index contributed by atoms with van der Waals surface area (Å²) in [6, 6.07) is 4.76. The Bertz CT molecular complexity index is 447. The molecule has 1 N–H and O–H groups in total. The lowest BCUT2D eigenvalue weighted by atomic mass is 9.82. The summed E-state index contributed by atoms with van der Waals surface area (Å²) in [4.78, 5) is 11.5. The zero-order valence-corrected chi connectivity index (χ0v) is 10.7. The number of rotatable bonds is 2. The zero-order chi connectivity index (χ0) is 13.1. The van der Waals surface area contributed by atoms with Gasteiger partial charge in [0, 0.05) is 0 Å². The Morgan fingerprint density at radius 2 is 2.28 bits per heavy atom. The minimum absolute atomic E-state index is 0.0285. The highest BCUT2D eigenvalue weighted by molar-refractivity contribution is 5.89. The third kappa shape index (κ3) is 2.53. The second kappa shape index (κ2) is 5.48. The summed E-state index contributed by atoms with van der Waals surface area (Å²) >= 11 is 0. The van der Waals surface area contributed by atoms with Gasteiger partial charge in [0.25, 0.3) is 0 Å². The molecule has 0 aromatic heterocycles. The highest BCUT2D eigenvalue weighted by Gasteiger charge is 2.24. The molecule has 0 saturated carbocycles. The summed E-state index contributed by atoms with van der Waals surface area (Å²) in [5, 5.41) is 3.33. The van der Waals surface area contributed by atoms with Gasteiger partial charge in [0.15, 0.2) is 0 Å². The fraction of sp³-hybridized carbons (Fsp3) is 0.500. The number of hydrogen-bond acceptors (Lipinski definition) is 3. The van der Waals surface area contributed by atoms with Crippen molar-refractivity contribution in [3.8, 4) is 0 Å². The van der Waals surface area contributed by atoms with Crippen LogP contribution in [0.15, 0.2) is 18.2 Å². The van der Waals surface area contributed by atoms with Crippen LogP contribution in [-0.2, 0) is 4.74 Å². The minimum Gasteiger partial charge on any atom is -0.465 e. The van der Waals surface area contributed by atoms with Crippen LogP contribution < -0.4 is 5.32 Å². The molecule has 1 fully saturated rings. The minimum atomic E-state index is -0.615. The fourth-order valence-corrected chi connectivity index (χ4v) is 2.55. The lowest BCUT2D eigenvalue weighted by Crippen LogP contribution is -2.33. The smallest absolute Gasteiger partial charge is 0.340 e. The lowest BCUT2D eigenvalue weighted by Gasteiger charge is -2.30. The van der Waals surface area contributed by atoms with Gasteiger partial charge in [-0.25, -0.2) is 9.18 Å². The summed E-state index contributed by atoms with van der Waals surface area (Å²) in [6.07, 6.45) is 1.01. The Morgan fingerprint density at radius 1 is 1.50 bits per heavy atom. The first-order chi connectivity index (χ1) is 8.63. The second-order valence-electron chi connectivity index (χ2n) is 4.81. The molecule has 0 unspecified atom stereocenters. The molecule has 1 heterocycles. The van der Waals surface area contributed by atoms with Gasteiger partial charge in [0.05, 0.1) is 12.7 Å². The van der Waals surface area contributed by atoms with Gasteiger partial charge in [0.2, 0.25) is 0 Å². The van der Waals surface area contributed by atoms with E-state index >= 15 is 0 Å². The molecule has 0 amide bonds. The molecule has 4 heteroatoms. The van der Waals surface area contributed by atoms with Crippen molar-refractivity contribution in [3.05, 3.63) is 35.1 Å². The van der Waals surface area contributed by atoms with Gasteiger partial charge in [-0.1, -0.05) is 13.0 Å². The average Bonchev–Trinajstić information content (AvgIpc) is 2.39. The molecule has 18 heavy (non-hydrogen) atoms. The van der Waals surface area contributed by atoms with Crippen molar-refractivity contribution >= 4 is 5.97 Å². The lowest BCUT2D eigenvalue weighted by molar-refractivity contribution is 0.0595. The number of ether oxygens (including phenoxy) is 1. The van der Waals surface area contributed by atoms with Gasteiger partial charge in [-0.2, -0.15) is 0 Å². The molecule has 0 radical (unpaired) electrons. The summed E-state index contributed by atoms with van der Waals surface area (Å²) in [5.41, 5.74) is 1.05. The number of benzene rings is 1. The molecule has 0 aliphatic carbocycles. The van der Waals surface area contributed by atoms with Crippen LogP contribution in [-0.4, -0.2) is 26.2 Å². The molecule has 1 aliphatic heterocycles. The van der Waals surface area contributed by atoms with Crippen LogP contribution in [0.5, 0.6) is 0 Å². The number of nitrogens with one attached hydrogen (secondary N) is 1. The van der Waals surface area contributed by atoms with Crippen LogP contribution >= 0.6 is 0 Å². The van der Waals surface area contributed by atoms with E-state index in [9.17, 15) is 9.18 Å². The zero-order valence-electron chi connectivity index (χ0n) is 10.7.